The minimum absolute atomic E-state index is 0.0227. The maximum atomic E-state index is 13.6. The van der Waals surface area contributed by atoms with E-state index in [9.17, 15) is 13.6 Å². The Bertz CT molecular complexity index is 760. The monoisotopic (exact) mass is 361 g/mol. The van der Waals surface area contributed by atoms with E-state index in [4.69, 9.17) is 4.74 Å². The Labute approximate surface area is 151 Å². The summed E-state index contributed by atoms with van der Waals surface area (Å²) in [6.45, 7) is 2.62. The van der Waals surface area contributed by atoms with Crippen LogP contribution in [0.1, 0.15) is 0 Å². The van der Waals surface area contributed by atoms with Gasteiger partial charge in [-0.1, -0.05) is 0 Å². The number of piperazine rings is 1. The third-order valence-electron chi connectivity index (χ3n) is 4.43. The molecule has 1 aliphatic rings. The molecule has 0 atom stereocenters. The van der Waals surface area contributed by atoms with Crippen LogP contribution in [0.25, 0.3) is 0 Å². The lowest BCUT2D eigenvalue weighted by atomic mass is 10.2. The van der Waals surface area contributed by atoms with E-state index in [0.717, 1.165) is 36.7 Å². The molecule has 0 bridgehead atoms. The molecule has 1 N–H and O–H groups in total. The average Bonchev–Trinajstić information content (AvgIpc) is 2.67. The number of anilines is 2. The van der Waals surface area contributed by atoms with Crippen molar-refractivity contribution < 1.29 is 18.3 Å². The summed E-state index contributed by atoms with van der Waals surface area (Å²) >= 11 is 0. The van der Waals surface area contributed by atoms with Crippen LogP contribution in [0.3, 0.4) is 0 Å². The van der Waals surface area contributed by atoms with E-state index in [1.165, 1.54) is 6.07 Å². The van der Waals surface area contributed by atoms with Gasteiger partial charge in [-0.2, -0.15) is 0 Å². The van der Waals surface area contributed by atoms with Crippen LogP contribution < -0.4 is 15.0 Å². The van der Waals surface area contributed by atoms with Gasteiger partial charge >= 0.3 is 0 Å². The number of carbonyl (C=O) groups excluding carboxylic acids is 1. The van der Waals surface area contributed by atoms with E-state index in [-0.39, 0.29) is 18.1 Å². The predicted molar refractivity (Wildman–Crippen MR) is 96.6 cm³/mol. The lowest BCUT2D eigenvalue weighted by Gasteiger charge is -2.36. The zero-order valence-electron chi connectivity index (χ0n) is 14.5. The molecular formula is C19H21F2N3O2. The van der Waals surface area contributed by atoms with E-state index in [1.807, 2.05) is 24.3 Å². The fraction of sp³-hybridized carbons (Fsp3) is 0.316. The van der Waals surface area contributed by atoms with Gasteiger partial charge in [0.05, 0.1) is 19.3 Å². The van der Waals surface area contributed by atoms with Crippen molar-refractivity contribution in [1.82, 2.24) is 4.90 Å². The summed E-state index contributed by atoms with van der Waals surface area (Å²) < 4.78 is 31.7. The second-order valence-corrected chi connectivity index (χ2v) is 6.04. The van der Waals surface area contributed by atoms with Gasteiger partial charge in [0.2, 0.25) is 5.91 Å². The Hall–Kier alpha value is -2.83. The molecule has 0 aromatic heterocycles. The molecule has 0 spiro atoms. The largest absolute Gasteiger partial charge is 0.497 e. The molecule has 5 nitrogen and oxygen atoms in total. The average molecular weight is 361 g/mol. The van der Waals surface area contributed by atoms with Gasteiger partial charge in [-0.25, -0.2) is 8.78 Å². The fourth-order valence-corrected chi connectivity index (χ4v) is 2.92. The second kappa shape index (κ2) is 8.03. The highest BCUT2D eigenvalue weighted by Gasteiger charge is 2.21. The molecule has 1 amide bonds. The Balaban J connectivity index is 1.50. The maximum Gasteiger partial charge on any atom is 0.241 e. The lowest BCUT2D eigenvalue weighted by Crippen LogP contribution is -2.50. The van der Waals surface area contributed by atoms with Gasteiger partial charge in [0.15, 0.2) is 0 Å². The Kier molecular flexibility index (Phi) is 5.55. The summed E-state index contributed by atoms with van der Waals surface area (Å²) in [5, 5.41) is 2.73. The first kappa shape index (κ1) is 18.0. The van der Waals surface area contributed by atoms with Crippen molar-refractivity contribution in [2.45, 2.75) is 0 Å². The number of nitrogens with one attached hydrogen (secondary N) is 1. The topological polar surface area (TPSA) is 44.8 Å². The van der Waals surface area contributed by atoms with Crippen molar-refractivity contribution >= 4 is 17.3 Å². The van der Waals surface area contributed by atoms with Gasteiger partial charge in [0.1, 0.15) is 17.4 Å². The number of benzene rings is 2. The standard InChI is InChI=1S/C19H21F2N3O2/c1-26-16-5-3-15(4-6-16)23-8-10-24(11-9-23)19(25)13-22-18-7-2-14(20)12-17(18)21/h2-7,12,22H,8-11,13H2,1H3. The molecule has 0 unspecified atom stereocenters. The molecule has 2 aromatic carbocycles. The first-order chi connectivity index (χ1) is 12.6. The first-order valence-electron chi connectivity index (χ1n) is 8.42. The van der Waals surface area contributed by atoms with Crippen molar-refractivity contribution in [3.63, 3.8) is 0 Å². The highest BCUT2D eigenvalue weighted by molar-refractivity contribution is 5.81. The number of methoxy groups -OCH3 is 1. The smallest absolute Gasteiger partial charge is 0.241 e. The summed E-state index contributed by atoms with van der Waals surface area (Å²) in [5.41, 5.74) is 1.21. The molecule has 3 rings (SSSR count). The van der Waals surface area contributed by atoms with Gasteiger partial charge in [-0.15, -0.1) is 0 Å². The van der Waals surface area contributed by atoms with Crippen molar-refractivity contribution in [2.24, 2.45) is 0 Å². The van der Waals surface area contributed by atoms with E-state index in [1.54, 1.807) is 12.0 Å². The van der Waals surface area contributed by atoms with Gasteiger partial charge in [-0.05, 0) is 36.4 Å². The van der Waals surface area contributed by atoms with Crippen LogP contribution in [0.4, 0.5) is 20.2 Å². The molecule has 1 heterocycles. The fourth-order valence-electron chi connectivity index (χ4n) is 2.92. The van der Waals surface area contributed by atoms with Crippen molar-refractivity contribution in [3.8, 4) is 5.75 Å². The van der Waals surface area contributed by atoms with Crippen LogP contribution in [0.15, 0.2) is 42.5 Å². The molecule has 1 fully saturated rings. The zero-order chi connectivity index (χ0) is 18.5. The minimum atomic E-state index is -0.706. The van der Waals surface area contributed by atoms with E-state index >= 15 is 0 Å². The number of rotatable bonds is 5. The van der Waals surface area contributed by atoms with Gasteiger partial charge in [0.25, 0.3) is 0 Å². The molecule has 2 aromatic rings. The number of carbonyl (C=O) groups is 1. The van der Waals surface area contributed by atoms with Crippen molar-refractivity contribution in [1.29, 1.82) is 0 Å². The third-order valence-corrected chi connectivity index (χ3v) is 4.43. The third kappa shape index (κ3) is 4.22. The lowest BCUT2D eigenvalue weighted by molar-refractivity contribution is -0.129. The summed E-state index contributed by atoms with van der Waals surface area (Å²) in [5.74, 6) is -0.652. The number of amides is 1. The van der Waals surface area contributed by atoms with Crippen LogP contribution in [-0.2, 0) is 4.79 Å². The molecule has 26 heavy (non-hydrogen) atoms. The second-order valence-electron chi connectivity index (χ2n) is 6.04. The number of hydrogen-bond donors (Lipinski definition) is 1. The molecule has 0 saturated carbocycles. The van der Waals surface area contributed by atoms with Crippen LogP contribution in [0, 0.1) is 11.6 Å². The van der Waals surface area contributed by atoms with E-state index in [2.05, 4.69) is 10.2 Å². The van der Waals surface area contributed by atoms with Gasteiger partial charge < -0.3 is 19.9 Å². The number of nitrogens with zero attached hydrogens (tertiary/aromatic N) is 2. The van der Waals surface area contributed by atoms with Crippen molar-refractivity contribution in [3.05, 3.63) is 54.1 Å². The van der Waals surface area contributed by atoms with Crippen LogP contribution in [0.5, 0.6) is 5.75 Å². The summed E-state index contributed by atoms with van der Waals surface area (Å²) in [6.07, 6.45) is 0. The van der Waals surface area contributed by atoms with E-state index in [0.29, 0.717) is 13.1 Å². The Morgan fingerprint density at radius 2 is 1.77 bits per heavy atom. The summed E-state index contributed by atoms with van der Waals surface area (Å²) in [7, 11) is 1.63. The number of hydrogen-bond acceptors (Lipinski definition) is 4. The quantitative estimate of drug-likeness (QED) is 0.890. The molecule has 7 heteroatoms. The van der Waals surface area contributed by atoms with Crippen molar-refractivity contribution in [2.75, 3.05) is 50.1 Å². The molecule has 138 valence electrons. The van der Waals surface area contributed by atoms with Crippen LogP contribution >= 0.6 is 0 Å². The van der Waals surface area contributed by atoms with Crippen LogP contribution in [-0.4, -0.2) is 50.6 Å². The number of ether oxygens (including phenoxy) is 1. The van der Waals surface area contributed by atoms with E-state index < -0.39 is 11.6 Å². The highest BCUT2D eigenvalue weighted by Crippen LogP contribution is 2.20. The molecule has 0 radical (unpaired) electrons. The van der Waals surface area contributed by atoms with Gasteiger partial charge in [0, 0.05) is 37.9 Å². The van der Waals surface area contributed by atoms with Gasteiger partial charge in [-0.3, -0.25) is 4.79 Å². The zero-order valence-corrected chi connectivity index (χ0v) is 14.5. The highest BCUT2D eigenvalue weighted by atomic mass is 19.1. The molecular weight excluding hydrogens is 340 g/mol. The molecule has 0 aliphatic carbocycles. The maximum absolute atomic E-state index is 13.6. The normalized spacial score (nSPS) is 14.3. The summed E-state index contributed by atoms with van der Waals surface area (Å²) in [6, 6.07) is 11.1. The molecule has 1 saturated heterocycles. The SMILES string of the molecule is COc1ccc(N2CCN(C(=O)CNc3ccc(F)cc3F)CC2)cc1. The minimum Gasteiger partial charge on any atom is -0.497 e. The Morgan fingerprint density at radius 1 is 1.08 bits per heavy atom. The Morgan fingerprint density at radius 3 is 2.38 bits per heavy atom. The first-order valence-corrected chi connectivity index (χ1v) is 8.42. The predicted octanol–water partition coefficient (Wildman–Crippen LogP) is 2.73. The molecule has 1 aliphatic heterocycles. The van der Waals surface area contributed by atoms with Crippen LogP contribution in [0.2, 0.25) is 0 Å². The number of halogens is 2. The summed E-state index contributed by atoms with van der Waals surface area (Å²) in [4.78, 5) is 16.3.